The normalized spacial score (nSPS) is 22.9. The summed E-state index contributed by atoms with van der Waals surface area (Å²) in [6, 6.07) is 8.72. The van der Waals surface area contributed by atoms with Crippen LogP contribution in [-0.4, -0.2) is 5.75 Å². The highest BCUT2D eigenvalue weighted by Gasteiger charge is 2.16. The second kappa shape index (κ2) is 3.84. The Morgan fingerprint density at radius 3 is 2.58 bits per heavy atom. The molecule has 1 unspecified atom stereocenters. The minimum absolute atomic E-state index is 0.762. The van der Waals surface area contributed by atoms with Gasteiger partial charge in [0.1, 0.15) is 0 Å². The van der Waals surface area contributed by atoms with E-state index in [0.717, 1.165) is 5.25 Å². The molecule has 0 saturated carbocycles. The van der Waals surface area contributed by atoms with Crippen molar-refractivity contribution in [2.45, 2.75) is 18.1 Å². The first-order valence-electron chi connectivity index (χ1n) is 4.23. The van der Waals surface area contributed by atoms with Crippen molar-refractivity contribution in [1.29, 1.82) is 0 Å². The van der Waals surface area contributed by atoms with Crippen molar-refractivity contribution in [2.75, 3.05) is 5.75 Å². The van der Waals surface area contributed by atoms with Crippen LogP contribution in [0.25, 0.3) is 0 Å². The highest BCUT2D eigenvalue weighted by Crippen LogP contribution is 2.39. The van der Waals surface area contributed by atoms with E-state index in [9.17, 15) is 0 Å². The van der Waals surface area contributed by atoms with Gasteiger partial charge in [-0.2, -0.15) is 11.8 Å². The molecular weight excluding hydrogens is 232 g/mol. The number of halogens is 1. The summed E-state index contributed by atoms with van der Waals surface area (Å²) in [6.45, 7) is 0. The molecule has 0 aliphatic carbocycles. The zero-order valence-corrected chi connectivity index (χ0v) is 9.20. The highest BCUT2D eigenvalue weighted by atomic mass is 79.9. The lowest BCUT2D eigenvalue weighted by molar-refractivity contribution is 0.829. The Morgan fingerprint density at radius 1 is 1.25 bits per heavy atom. The van der Waals surface area contributed by atoms with Gasteiger partial charge in [-0.05, 0) is 36.3 Å². The summed E-state index contributed by atoms with van der Waals surface area (Å²) >= 11 is 5.53. The SMILES string of the molecule is Brc1ccc(C2CCCS2)cc1. The Labute approximate surface area is 85.9 Å². The van der Waals surface area contributed by atoms with Gasteiger partial charge in [0.15, 0.2) is 0 Å². The summed E-state index contributed by atoms with van der Waals surface area (Å²) in [6.07, 6.45) is 2.73. The summed E-state index contributed by atoms with van der Waals surface area (Å²) < 4.78 is 1.18. The van der Waals surface area contributed by atoms with Crippen LogP contribution in [0.15, 0.2) is 28.7 Å². The molecule has 0 radical (unpaired) electrons. The van der Waals surface area contributed by atoms with E-state index in [0.29, 0.717) is 0 Å². The quantitative estimate of drug-likeness (QED) is 0.717. The average molecular weight is 243 g/mol. The van der Waals surface area contributed by atoms with Gasteiger partial charge in [0, 0.05) is 9.72 Å². The Morgan fingerprint density at radius 2 is 2.00 bits per heavy atom. The van der Waals surface area contributed by atoms with Crippen molar-refractivity contribution >= 4 is 27.7 Å². The van der Waals surface area contributed by atoms with Gasteiger partial charge < -0.3 is 0 Å². The summed E-state index contributed by atoms with van der Waals surface area (Å²) in [5.41, 5.74) is 1.49. The molecule has 64 valence electrons. The third-order valence-electron chi connectivity index (χ3n) is 2.17. The molecule has 0 amide bonds. The zero-order chi connectivity index (χ0) is 8.39. The molecule has 0 nitrogen and oxygen atoms in total. The molecule has 0 aromatic heterocycles. The fourth-order valence-electron chi connectivity index (χ4n) is 1.52. The summed E-state index contributed by atoms with van der Waals surface area (Å²) in [7, 11) is 0. The Bertz CT molecular complexity index is 249. The lowest BCUT2D eigenvalue weighted by Gasteiger charge is -2.07. The van der Waals surface area contributed by atoms with E-state index < -0.39 is 0 Å². The molecule has 1 aromatic rings. The van der Waals surface area contributed by atoms with E-state index in [4.69, 9.17) is 0 Å². The third kappa shape index (κ3) is 1.86. The topological polar surface area (TPSA) is 0 Å². The molecule has 1 atom stereocenters. The number of hydrogen-bond donors (Lipinski definition) is 0. The number of benzene rings is 1. The Balaban J connectivity index is 2.17. The van der Waals surface area contributed by atoms with Gasteiger partial charge in [0.25, 0.3) is 0 Å². The fourth-order valence-corrected chi connectivity index (χ4v) is 3.08. The Hall–Kier alpha value is 0.0500. The van der Waals surface area contributed by atoms with Crippen LogP contribution in [0.1, 0.15) is 23.7 Å². The Kier molecular flexibility index (Phi) is 2.76. The van der Waals surface area contributed by atoms with Gasteiger partial charge in [-0.25, -0.2) is 0 Å². The van der Waals surface area contributed by atoms with Gasteiger partial charge in [0.2, 0.25) is 0 Å². The molecule has 1 aliphatic heterocycles. The predicted octanol–water partition coefficient (Wildman–Crippen LogP) is 4.02. The van der Waals surface area contributed by atoms with Gasteiger partial charge in [-0.15, -0.1) is 0 Å². The molecule has 0 bridgehead atoms. The zero-order valence-electron chi connectivity index (χ0n) is 6.79. The average Bonchev–Trinajstić information content (AvgIpc) is 2.58. The minimum atomic E-state index is 0.762. The van der Waals surface area contributed by atoms with Crippen LogP contribution in [0.3, 0.4) is 0 Å². The molecule has 2 rings (SSSR count). The molecule has 1 saturated heterocycles. The smallest absolute Gasteiger partial charge is 0.0297 e. The largest absolute Gasteiger partial charge is 0.154 e. The number of hydrogen-bond acceptors (Lipinski definition) is 1. The molecule has 2 heteroatoms. The van der Waals surface area contributed by atoms with Crippen LogP contribution >= 0.6 is 27.7 Å². The van der Waals surface area contributed by atoms with Crippen LogP contribution < -0.4 is 0 Å². The fraction of sp³-hybridized carbons (Fsp3) is 0.400. The minimum Gasteiger partial charge on any atom is -0.154 e. The van der Waals surface area contributed by atoms with Crippen molar-refractivity contribution in [3.63, 3.8) is 0 Å². The summed E-state index contributed by atoms with van der Waals surface area (Å²) in [5.74, 6) is 1.33. The van der Waals surface area contributed by atoms with Crippen LogP contribution in [0, 0.1) is 0 Å². The first-order chi connectivity index (χ1) is 5.86. The number of rotatable bonds is 1. The van der Waals surface area contributed by atoms with E-state index >= 15 is 0 Å². The third-order valence-corrected chi connectivity index (χ3v) is 4.13. The monoisotopic (exact) mass is 242 g/mol. The molecule has 0 spiro atoms. The first kappa shape index (κ1) is 8.64. The first-order valence-corrected chi connectivity index (χ1v) is 6.07. The van der Waals surface area contributed by atoms with Crippen molar-refractivity contribution in [2.24, 2.45) is 0 Å². The van der Waals surface area contributed by atoms with Crippen LogP contribution in [0.2, 0.25) is 0 Å². The van der Waals surface area contributed by atoms with Gasteiger partial charge >= 0.3 is 0 Å². The maximum absolute atomic E-state index is 3.45. The summed E-state index contributed by atoms with van der Waals surface area (Å²) in [5, 5.41) is 0.762. The molecule has 0 N–H and O–H groups in total. The van der Waals surface area contributed by atoms with E-state index in [1.54, 1.807) is 0 Å². The molecule has 1 aliphatic rings. The summed E-state index contributed by atoms with van der Waals surface area (Å²) in [4.78, 5) is 0. The van der Waals surface area contributed by atoms with Crippen LogP contribution in [0.5, 0.6) is 0 Å². The van der Waals surface area contributed by atoms with Crippen molar-refractivity contribution in [3.05, 3.63) is 34.3 Å². The molecule has 1 fully saturated rings. The van der Waals surface area contributed by atoms with Crippen molar-refractivity contribution < 1.29 is 0 Å². The van der Waals surface area contributed by atoms with Gasteiger partial charge in [-0.3, -0.25) is 0 Å². The predicted molar refractivity (Wildman–Crippen MR) is 58.6 cm³/mol. The molecule has 1 aromatic carbocycles. The van der Waals surface area contributed by atoms with Crippen molar-refractivity contribution in [3.8, 4) is 0 Å². The van der Waals surface area contributed by atoms with Gasteiger partial charge in [-0.1, -0.05) is 28.1 Å². The number of thioether (sulfide) groups is 1. The standard InChI is InChI=1S/C10H11BrS/c11-9-5-3-8(4-6-9)10-2-1-7-12-10/h3-6,10H,1-2,7H2. The van der Waals surface area contributed by atoms with E-state index in [-0.39, 0.29) is 0 Å². The lowest BCUT2D eigenvalue weighted by Crippen LogP contribution is -1.86. The van der Waals surface area contributed by atoms with Crippen LogP contribution in [-0.2, 0) is 0 Å². The maximum atomic E-state index is 3.45. The second-order valence-electron chi connectivity index (χ2n) is 3.05. The second-order valence-corrected chi connectivity index (χ2v) is 5.28. The molecular formula is C10H11BrS. The highest BCUT2D eigenvalue weighted by molar-refractivity contribution is 9.10. The lowest BCUT2D eigenvalue weighted by atomic mass is 10.1. The van der Waals surface area contributed by atoms with Crippen molar-refractivity contribution in [1.82, 2.24) is 0 Å². The van der Waals surface area contributed by atoms with E-state index in [1.807, 2.05) is 0 Å². The van der Waals surface area contributed by atoms with E-state index in [1.165, 1.54) is 28.6 Å². The molecule has 1 heterocycles. The van der Waals surface area contributed by atoms with E-state index in [2.05, 4.69) is 52.0 Å². The maximum Gasteiger partial charge on any atom is 0.0297 e. The molecule has 12 heavy (non-hydrogen) atoms. The van der Waals surface area contributed by atoms with Crippen LogP contribution in [0.4, 0.5) is 0 Å². The van der Waals surface area contributed by atoms with Gasteiger partial charge in [0.05, 0.1) is 0 Å².